The van der Waals surface area contributed by atoms with Crippen LogP contribution in [-0.4, -0.2) is 24.6 Å². The summed E-state index contributed by atoms with van der Waals surface area (Å²) in [5.74, 6) is -0.607. The second kappa shape index (κ2) is 9.36. The van der Waals surface area contributed by atoms with E-state index >= 15 is 0 Å². The van der Waals surface area contributed by atoms with Gasteiger partial charge in [-0.05, 0) is 42.7 Å². The third-order valence-electron chi connectivity index (χ3n) is 4.98. The van der Waals surface area contributed by atoms with Crippen LogP contribution in [0, 0.1) is 23.6 Å². The molecule has 0 amide bonds. The topological polar surface area (TPSA) is 52.6 Å². The van der Waals surface area contributed by atoms with Gasteiger partial charge in [-0.3, -0.25) is 4.79 Å². The van der Waals surface area contributed by atoms with Crippen molar-refractivity contribution in [2.75, 3.05) is 6.61 Å². The lowest BCUT2D eigenvalue weighted by Gasteiger charge is -2.36. The first kappa shape index (κ1) is 20.7. The molecule has 1 aromatic rings. The molecule has 1 aliphatic carbocycles. The first-order valence-electron chi connectivity index (χ1n) is 9.06. The van der Waals surface area contributed by atoms with Crippen molar-refractivity contribution < 1.29 is 23.5 Å². The average Bonchev–Trinajstić information content (AvgIpc) is 2.56. The number of halogens is 2. The summed E-state index contributed by atoms with van der Waals surface area (Å²) in [6.45, 7) is 5.93. The minimum Gasteiger partial charge on any atom is -0.460 e. The van der Waals surface area contributed by atoms with Gasteiger partial charge in [-0.1, -0.05) is 44.9 Å². The van der Waals surface area contributed by atoms with Gasteiger partial charge in [0, 0.05) is 10.6 Å². The van der Waals surface area contributed by atoms with Crippen molar-refractivity contribution in [2.45, 2.75) is 52.6 Å². The van der Waals surface area contributed by atoms with Gasteiger partial charge in [0.1, 0.15) is 11.9 Å². The summed E-state index contributed by atoms with van der Waals surface area (Å²) in [6.07, 6.45) is 2.52. The minimum atomic E-state index is -0.716. The lowest BCUT2D eigenvalue weighted by atomic mass is 9.75. The molecule has 0 unspecified atom stereocenters. The molecule has 0 radical (unpaired) electrons. The number of hydrogen-bond donors (Lipinski definition) is 0. The Labute approximate surface area is 159 Å². The molecular formula is C20H26ClFO4. The molecule has 0 N–H and O–H groups in total. The smallest absolute Gasteiger partial charge is 0.344 e. The number of carbonyl (C=O) groups excluding carboxylic acids is 2. The number of esters is 2. The Morgan fingerprint density at radius 3 is 2.65 bits per heavy atom. The zero-order chi connectivity index (χ0) is 19.3. The van der Waals surface area contributed by atoms with Crippen LogP contribution in [0.1, 0.15) is 45.6 Å². The Morgan fingerprint density at radius 2 is 2.00 bits per heavy atom. The molecule has 4 nitrogen and oxygen atoms in total. The van der Waals surface area contributed by atoms with Gasteiger partial charge in [-0.25, -0.2) is 9.18 Å². The molecule has 1 saturated carbocycles. The fourth-order valence-corrected chi connectivity index (χ4v) is 3.72. The predicted octanol–water partition coefficient (Wildman–Crippen LogP) is 4.57. The summed E-state index contributed by atoms with van der Waals surface area (Å²) in [6, 6.07) is 4.18. The quantitative estimate of drug-likeness (QED) is 0.674. The van der Waals surface area contributed by atoms with E-state index in [0.29, 0.717) is 17.8 Å². The molecule has 0 heterocycles. The third kappa shape index (κ3) is 5.70. The maximum absolute atomic E-state index is 13.7. The van der Waals surface area contributed by atoms with Gasteiger partial charge in [0.05, 0.1) is 6.42 Å². The third-order valence-corrected chi connectivity index (χ3v) is 5.33. The second-order valence-electron chi connectivity index (χ2n) is 7.39. The highest BCUT2D eigenvalue weighted by Gasteiger charge is 2.33. The molecule has 0 saturated heterocycles. The first-order valence-corrected chi connectivity index (χ1v) is 9.43. The van der Waals surface area contributed by atoms with Crippen molar-refractivity contribution >= 4 is 23.5 Å². The number of carbonyl (C=O) groups is 2. The molecule has 0 bridgehead atoms. The highest BCUT2D eigenvalue weighted by molar-refractivity contribution is 6.31. The van der Waals surface area contributed by atoms with Crippen molar-refractivity contribution in [3.05, 3.63) is 34.6 Å². The lowest BCUT2D eigenvalue weighted by molar-refractivity contribution is -0.166. The number of hydrogen-bond acceptors (Lipinski definition) is 4. The molecule has 2 rings (SSSR count). The van der Waals surface area contributed by atoms with Gasteiger partial charge < -0.3 is 9.47 Å². The Kier molecular flexibility index (Phi) is 7.44. The van der Waals surface area contributed by atoms with Crippen LogP contribution < -0.4 is 0 Å². The molecule has 6 heteroatoms. The molecule has 144 valence electrons. The first-order chi connectivity index (χ1) is 12.3. The molecule has 26 heavy (non-hydrogen) atoms. The fraction of sp³-hybridized carbons (Fsp3) is 0.600. The lowest BCUT2D eigenvalue weighted by Crippen LogP contribution is -2.36. The van der Waals surface area contributed by atoms with Gasteiger partial charge >= 0.3 is 11.9 Å². The summed E-state index contributed by atoms with van der Waals surface area (Å²) in [7, 11) is 0. The van der Waals surface area contributed by atoms with Crippen LogP contribution in [0.3, 0.4) is 0 Å². The van der Waals surface area contributed by atoms with Crippen LogP contribution in [0.4, 0.5) is 4.39 Å². The van der Waals surface area contributed by atoms with Gasteiger partial charge in [0.15, 0.2) is 6.61 Å². The number of benzene rings is 1. The summed E-state index contributed by atoms with van der Waals surface area (Å²) < 4.78 is 24.2. The summed E-state index contributed by atoms with van der Waals surface area (Å²) in [4.78, 5) is 24.0. The van der Waals surface area contributed by atoms with E-state index in [2.05, 4.69) is 20.8 Å². The molecule has 0 spiro atoms. The van der Waals surface area contributed by atoms with Crippen molar-refractivity contribution in [2.24, 2.45) is 17.8 Å². The Balaban J connectivity index is 1.84. The van der Waals surface area contributed by atoms with Gasteiger partial charge in [-0.15, -0.1) is 0 Å². The van der Waals surface area contributed by atoms with E-state index in [9.17, 15) is 14.0 Å². The second-order valence-corrected chi connectivity index (χ2v) is 7.80. The molecule has 3 atom stereocenters. The van der Waals surface area contributed by atoms with Gasteiger partial charge in [0.25, 0.3) is 0 Å². The van der Waals surface area contributed by atoms with Crippen LogP contribution >= 0.6 is 11.6 Å². The van der Waals surface area contributed by atoms with E-state index < -0.39 is 24.4 Å². The van der Waals surface area contributed by atoms with Crippen LogP contribution in [0.2, 0.25) is 5.02 Å². The summed E-state index contributed by atoms with van der Waals surface area (Å²) in [5, 5.41) is 0.153. The standard InChI is InChI=1S/C20H26ClFO4/c1-12(2)14-8-7-13(3)9-18(14)26-20(24)11-25-19(23)10-15-16(21)5-4-6-17(15)22/h4-6,12-14,18H,7-11H2,1-3H3/t13-,14+,18-/m1/s1. The van der Waals surface area contributed by atoms with Crippen molar-refractivity contribution in [1.29, 1.82) is 0 Å². The minimum absolute atomic E-state index is 0.0634. The zero-order valence-corrected chi connectivity index (χ0v) is 16.2. The fourth-order valence-electron chi connectivity index (χ4n) is 3.49. The van der Waals surface area contributed by atoms with Crippen LogP contribution in [0.5, 0.6) is 0 Å². The Bertz CT molecular complexity index is 626. The van der Waals surface area contributed by atoms with Crippen molar-refractivity contribution in [3.8, 4) is 0 Å². The molecule has 1 aliphatic rings. The Hall–Kier alpha value is -1.62. The number of ether oxygens (including phenoxy) is 2. The van der Waals surface area contributed by atoms with E-state index in [-0.39, 0.29) is 23.1 Å². The highest BCUT2D eigenvalue weighted by Crippen LogP contribution is 2.35. The maximum Gasteiger partial charge on any atom is 0.344 e. The maximum atomic E-state index is 13.7. The molecule has 0 aliphatic heterocycles. The number of rotatable bonds is 6. The van der Waals surface area contributed by atoms with E-state index in [1.54, 1.807) is 0 Å². The monoisotopic (exact) mass is 384 g/mol. The van der Waals surface area contributed by atoms with E-state index in [4.69, 9.17) is 21.1 Å². The van der Waals surface area contributed by atoms with Crippen LogP contribution in [0.15, 0.2) is 18.2 Å². The van der Waals surface area contributed by atoms with E-state index in [0.717, 1.165) is 19.3 Å². The summed E-state index contributed by atoms with van der Waals surface area (Å²) >= 11 is 5.89. The van der Waals surface area contributed by atoms with Crippen molar-refractivity contribution in [1.82, 2.24) is 0 Å². The molecule has 0 aromatic heterocycles. The molecule has 1 fully saturated rings. The van der Waals surface area contributed by atoms with E-state index in [1.165, 1.54) is 18.2 Å². The van der Waals surface area contributed by atoms with Crippen molar-refractivity contribution in [3.63, 3.8) is 0 Å². The van der Waals surface area contributed by atoms with Crippen LogP contribution in [0.25, 0.3) is 0 Å². The van der Waals surface area contributed by atoms with Crippen LogP contribution in [-0.2, 0) is 25.5 Å². The molecular weight excluding hydrogens is 359 g/mol. The predicted molar refractivity (Wildman–Crippen MR) is 97.3 cm³/mol. The normalized spacial score (nSPS) is 22.9. The average molecular weight is 385 g/mol. The van der Waals surface area contributed by atoms with Gasteiger partial charge in [-0.2, -0.15) is 0 Å². The highest BCUT2D eigenvalue weighted by atomic mass is 35.5. The Morgan fingerprint density at radius 1 is 1.27 bits per heavy atom. The SMILES string of the molecule is CC(C)[C@@H]1CC[C@@H](C)C[C@H]1OC(=O)COC(=O)Cc1c(F)cccc1Cl. The van der Waals surface area contributed by atoms with Gasteiger partial charge in [0.2, 0.25) is 0 Å². The largest absolute Gasteiger partial charge is 0.460 e. The summed E-state index contributed by atoms with van der Waals surface area (Å²) in [5.41, 5.74) is 0.0634. The molecule has 1 aromatic carbocycles. The van der Waals surface area contributed by atoms with E-state index in [1.807, 2.05) is 0 Å². The zero-order valence-electron chi connectivity index (χ0n) is 15.5.